The normalized spacial score (nSPS) is 15.5. The van der Waals surface area contributed by atoms with Gasteiger partial charge in [0, 0.05) is 32.2 Å². The van der Waals surface area contributed by atoms with Crippen LogP contribution in [0.5, 0.6) is 0 Å². The fourth-order valence-electron chi connectivity index (χ4n) is 3.89. The van der Waals surface area contributed by atoms with Crippen LogP contribution in [0, 0.1) is 13.8 Å². The molecule has 1 fully saturated rings. The minimum absolute atomic E-state index is 0.00371. The Morgan fingerprint density at radius 1 is 0.875 bits per heavy atom. The topological polar surface area (TPSA) is 75.5 Å². The monoisotopic (exact) mass is 452 g/mol. The van der Waals surface area contributed by atoms with Crippen LogP contribution >= 0.6 is 0 Å². The van der Waals surface area contributed by atoms with Crippen molar-refractivity contribution in [2.75, 3.05) is 31.1 Å². The maximum absolute atomic E-state index is 12.9. The Labute approximate surface area is 189 Å². The van der Waals surface area contributed by atoms with Crippen LogP contribution in [0.1, 0.15) is 23.1 Å². The molecule has 0 saturated carbocycles. The highest BCUT2D eigenvalue weighted by Gasteiger charge is 2.26. The van der Waals surface area contributed by atoms with Crippen molar-refractivity contribution in [2.24, 2.45) is 0 Å². The van der Waals surface area contributed by atoms with Crippen molar-refractivity contribution in [3.8, 4) is 5.69 Å². The van der Waals surface area contributed by atoms with E-state index in [9.17, 15) is 13.2 Å². The Balaban J connectivity index is 1.52. The standard InChI is InChI=1S/C24H28N4O3S/c1-19-9-10-22(17-20(19)2)28-24(29)12-11-23(25-28)26-13-6-14-27(16-15-26)32(30,31)18-21-7-4-3-5-8-21/h3-5,7-12,17H,6,13-16,18H2,1-2H3. The summed E-state index contributed by atoms with van der Waals surface area (Å²) in [4.78, 5) is 14.5. The number of aromatic nitrogens is 2. The van der Waals surface area contributed by atoms with E-state index in [1.54, 1.807) is 10.4 Å². The van der Waals surface area contributed by atoms with Gasteiger partial charge in [0.1, 0.15) is 5.82 Å². The first-order valence-corrected chi connectivity index (χ1v) is 12.4. The molecule has 8 heteroatoms. The third-order valence-electron chi connectivity index (χ3n) is 5.89. The summed E-state index contributed by atoms with van der Waals surface area (Å²) in [7, 11) is -3.40. The largest absolute Gasteiger partial charge is 0.354 e. The lowest BCUT2D eigenvalue weighted by atomic mass is 10.1. The van der Waals surface area contributed by atoms with Crippen LogP contribution in [0.3, 0.4) is 0 Å². The van der Waals surface area contributed by atoms with Crippen molar-refractivity contribution >= 4 is 15.8 Å². The maximum atomic E-state index is 12.9. The molecule has 1 aromatic heterocycles. The lowest BCUT2D eigenvalue weighted by Gasteiger charge is -2.23. The van der Waals surface area contributed by atoms with Gasteiger partial charge in [0.2, 0.25) is 10.0 Å². The molecule has 2 heterocycles. The zero-order chi connectivity index (χ0) is 22.7. The minimum atomic E-state index is -3.40. The smallest absolute Gasteiger partial charge is 0.271 e. The molecule has 3 aromatic rings. The van der Waals surface area contributed by atoms with E-state index < -0.39 is 10.0 Å². The SMILES string of the molecule is Cc1ccc(-n2nc(N3CCCN(S(=O)(=O)Cc4ccccc4)CC3)ccc2=O)cc1C. The molecular weight excluding hydrogens is 424 g/mol. The third-order valence-corrected chi connectivity index (χ3v) is 7.74. The van der Waals surface area contributed by atoms with Crippen molar-refractivity contribution in [2.45, 2.75) is 26.0 Å². The molecule has 1 aliphatic heterocycles. The summed E-state index contributed by atoms with van der Waals surface area (Å²) in [6.07, 6.45) is 0.693. The second-order valence-corrected chi connectivity index (χ2v) is 10.2. The maximum Gasteiger partial charge on any atom is 0.271 e. The van der Waals surface area contributed by atoms with Crippen LogP contribution in [0.4, 0.5) is 5.82 Å². The summed E-state index contributed by atoms with van der Waals surface area (Å²) in [5.41, 5.74) is 3.56. The van der Waals surface area contributed by atoms with Crippen molar-refractivity contribution in [3.63, 3.8) is 0 Å². The molecule has 0 radical (unpaired) electrons. The number of benzene rings is 2. The molecule has 1 aliphatic rings. The zero-order valence-corrected chi connectivity index (χ0v) is 19.3. The fourth-order valence-corrected chi connectivity index (χ4v) is 5.45. The Morgan fingerprint density at radius 2 is 1.66 bits per heavy atom. The zero-order valence-electron chi connectivity index (χ0n) is 18.4. The van der Waals surface area contributed by atoms with Crippen LogP contribution in [-0.2, 0) is 15.8 Å². The van der Waals surface area contributed by atoms with Gasteiger partial charge in [0.25, 0.3) is 5.56 Å². The molecule has 168 valence electrons. The van der Waals surface area contributed by atoms with Crippen LogP contribution in [0.25, 0.3) is 5.69 Å². The molecule has 2 aromatic carbocycles. The highest BCUT2D eigenvalue weighted by molar-refractivity contribution is 7.88. The van der Waals surface area contributed by atoms with Gasteiger partial charge in [-0.05, 0) is 55.2 Å². The van der Waals surface area contributed by atoms with E-state index in [1.807, 2.05) is 62.4 Å². The molecule has 4 rings (SSSR count). The number of anilines is 1. The first-order valence-electron chi connectivity index (χ1n) is 10.8. The van der Waals surface area contributed by atoms with Gasteiger partial charge in [-0.25, -0.2) is 8.42 Å². The third kappa shape index (κ3) is 4.92. The average Bonchev–Trinajstić information content (AvgIpc) is 3.04. The number of nitrogens with zero attached hydrogens (tertiary/aromatic N) is 4. The molecule has 0 aliphatic carbocycles. The highest BCUT2D eigenvalue weighted by Crippen LogP contribution is 2.18. The average molecular weight is 453 g/mol. The van der Waals surface area contributed by atoms with Gasteiger partial charge in [-0.2, -0.15) is 8.99 Å². The Hall–Kier alpha value is -2.97. The van der Waals surface area contributed by atoms with Gasteiger partial charge in [-0.3, -0.25) is 4.79 Å². The summed E-state index contributed by atoms with van der Waals surface area (Å²) < 4.78 is 28.9. The predicted molar refractivity (Wildman–Crippen MR) is 127 cm³/mol. The number of sulfonamides is 1. The summed E-state index contributed by atoms with van der Waals surface area (Å²) in [6.45, 7) is 6.09. The second-order valence-electron chi connectivity index (χ2n) is 8.19. The first-order chi connectivity index (χ1) is 15.3. The van der Waals surface area contributed by atoms with Gasteiger partial charge in [-0.15, -0.1) is 5.10 Å². The molecule has 0 N–H and O–H groups in total. The summed E-state index contributed by atoms with van der Waals surface area (Å²) >= 11 is 0. The fraction of sp³-hybridized carbons (Fsp3) is 0.333. The Bertz CT molecular complexity index is 1260. The molecule has 0 unspecified atom stereocenters. The Morgan fingerprint density at radius 3 is 2.41 bits per heavy atom. The van der Waals surface area contributed by atoms with E-state index in [2.05, 4.69) is 10.00 Å². The first kappa shape index (κ1) is 22.2. The van der Waals surface area contributed by atoms with E-state index in [-0.39, 0.29) is 11.3 Å². The van der Waals surface area contributed by atoms with Crippen molar-refractivity contribution in [1.82, 2.24) is 14.1 Å². The van der Waals surface area contributed by atoms with E-state index in [0.29, 0.717) is 38.4 Å². The molecule has 32 heavy (non-hydrogen) atoms. The van der Waals surface area contributed by atoms with Crippen LogP contribution in [-0.4, -0.2) is 48.7 Å². The summed E-state index contributed by atoms with van der Waals surface area (Å²) in [6, 6.07) is 18.3. The molecule has 0 bridgehead atoms. The van der Waals surface area contributed by atoms with Crippen molar-refractivity contribution in [1.29, 1.82) is 0 Å². The lowest BCUT2D eigenvalue weighted by Crippen LogP contribution is -2.36. The predicted octanol–water partition coefficient (Wildman–Crippen LogP) is 2.89. The van der Waals surface area contributed by atoms with E-state index >= 15 is 0 Å². The van der Waals surface area contributed by atoms with Gasteiger partial charge in [0.05, 0.1) is 11.4 Å². The number of hydrogen-bond acceptors (Lipinski definition) is 5. The van der Waals surface area contributed by atoms with E-state index in [0.717, 1.165) is 22.4 Å². The van der Waals surface area contributed by atoms with Gasteiger partial charge >= 0.3 is 0 Å². The van der Waals surface area contributed by atoms with Gasteiger partial charge < -0.3 is 4.90 Å². The van der Waals surface area contributed by atoms with Gasteiger partial charge in [0.15, 0.2) is 0 Å². The highest BCUT2D eigenvalue weighted by atomic mass is 32.2. The van der Waals surface area contributed by atoms with E-state index in [4.69, 9.17) is 0 Å². The molecule has 7 nitrogen and oxygen atoms in total. The summed E-state index contributed by atoms with van der Waals surface area (Å²) in [5, 5.41) is 4.60. The summed E-state index contributed by atoms with van der Waals surface area (Å²) in [5.74, 6) is 0.675. The van der Waals surface area contributed by atoms with Crippen LogP contribution in [0.2, 0.25) is 0 Å². The number of rotatable bonds is 5. The van der Waals surface area contributed by atoms with Gasteiger partial charge in [-0.1, -0.05) is 36.4 Å². The van der Waals surface area contributed by atoms with Crippen LogP contribution < -0.4 is 10.5 Å². The minimum Gasteiger partial charge on any atom is -0.354 e. The molecular formula is C24H28N4O3S. The van der Waals surface area contributed by atoms with Crippen LogP contribution in [0.15, 0.2) is 65.5 Å². The molecule has 0 atom stereocenters. The Kier molecular flexibility index (Phi) is 6.43. The lowest BCUT2D eigenvalue weighted by molar-refractivity contribution is 0.432. The second kappa shape index (κ2) is 9.26. The number of hydrogen-bond donors (Lipinski definition) is 0. The quantitative estimate of drug-likeness (QED) is 0.595. The molecule has 0 spiro atoms. The molecule has 1 saturated heterocycles. The van der Waals surface area contributed by atoms with Crippen molar-refractivity contribution < 1.29 is 8.42 Å². The molecule has 0 amide bonds. The number of aryl methyl sites for hydroxylation is 2. The van der Waals surface area contributed by atoms with Crippen molar-refractivity contribution in [3.05, 3.63) is 87.7 Å². The van der Waals surface area contributed by atoms with E-state index in [1.165, 1.54) is 10.7 Å².